The smallest absolute Gasteiger partial charge is 0.246 e. The molecule has 0 saturated carbocycles. The number of amides is 1. The van der Waals surface area contributed by atoms with Crippen molar-refractivity contribution in [2.45, 2.75) is 31.1 Å². The van der Waals surface area contributed by atoms with Crippen LogP contribution in [0.4, 0.5) is 0 Å². The van der Waals surface area contributed by atoms with Crippen LogP contribution in [0.2, 0.25) is 0 Å². The van der Waals surface area contributed by atoms with E-state index >= 15 is 0 Å². The first kappa shape index (κ1) is 19.9. The summed E-state index contributed by atoms with van der Waals surface area (Å²) in [5.74, 6) is -0.0832. The molecule has 1 amide bonds. The third-order valence-corrected chi connectivity index (χ3v) is 7.65. The summed E-state index contributed by atoms with van der Waals surface area (Å²) in [6.07, 6.45) is 6.45. The van der Waals surface area contributed by atoms with E-state index in [9.17, 15) is 13.2 Å². The summed E-state index contributed by atoms with van der Waals surface area (Å²) in [4.78, 5) is 14.5. The van der Waals surface area contributed by atoms with Gasteiger partial charge in [-0.15, -0.1) is 0 Å². The molecule has 6 heteroatoms. The first-order valence-corrected chi connectivity index (χ1v) is 11.5. The van der Waals surface area contributed by atoms with E-state index < -0.39 is 10.0 Å². The van der Waals surface area contributed by atoms with Crippen LogP contribution < -0.4 is 0 Å². The number of aryl methyl sites for hydroxylation is 3. The molecule has 1 aliphatic heterocycles. The predicted octanol–water partition coefficient (Wildman–Crippen LogP) is 3.03. The predicted molar refractivity (Wildman–Crippen MR) is 114 cm³/mol. The van der Waals surface area contributed by atoms with Gasteiger partial charge in [0.25, 0.3) is 0 Å². The van der Waals surface area contributed by atoms with Crippen LogP contribution in [0, 0.1) is 6.92 Å². The zero-order chi connectivity index (χ0) is 20.4. The lowest BCUT2D eigenvalue weighted by Gasteiger charge is -2.33. The number of piperazine rings is 1. The number of nitrogens with zero attached hydrogens (tertiary/aromatic N) is 2. The highest BCUT2D eigenvalue weighted by molar-refractivity contribution is 7.89. The van der Waals surface area contributed by atoms with Crippen molar-refractivity contribution in [3.63, 3.8) is 0 Å². The summed E-state index contributed by atoms with van der Waals surface area (Å²) in [7, 11) is -3.51. The zero-order valence-electron chi connectivity index (χ0n) is 16.7. The normalized spacial score (nSPS) is 17.6. The topological polar surface area (TPSA) is 57.7 Å². The van der Waals surface area contributed by atoms with E-state index in [0.717, 1.165) is 30.4 Å². The largest absolute Gasteiger partial charge is 0.337 e. The SMILES string of the molecule is Cc1ccc(/C=C/C(=O)N2CCN(S(=O)(=O)c3ccc4c(c3)CCC4)CC2)cc1. The van der Waals surface area contributed by atoms with Crippen molar-refractivity contribution in [1.82, 2.24) is 9.21 Å². The second-order valence-corrected chi connectivity index (χ2v) is 9.70. The molecule has 2 aliphatic rings. The van der Waals surface area contributed by atoms with Gasteiger partial charge in [0.15, 0.2) is 0 Å². The number of rotatable bonds is 4. The molecule has 2 aromatic carbocycles. The Bertz CT molecular complexity index is 1030. The molecule has 152 valence electrons. The summed E-state index contributed by atoms with van der Waals surface area (Å²) in [5.41, 5.74) is 4.57. The van der Waals surface area contributed by atoms with Gasteiger partial charge >= 0.3 is 0 Å². The van der Waals surface area contributed by atoms with Gasteiger partial charge in [0.2, 0.25) is 15.9 Å². The lowest BCUT2D eigenvalue weighted by Crippen LogP contribution is -2.50. The molecule has 0 aromatic heterocycles. The van der Waals surface area contributed by atoms with E-state index in [4.69, 9.17) is 0 Å². The van der Waals surface area contributed by atoms with Crippen LogP contribution in [0.25, 0.3) is 6.08 Å². The standard InChI is InChI=1S/C23H26N2O3S/c1-18-5-7-19(8-6-18)9-12-23(26)24-13-15-25(16-14-24)29(27,28)22-11-10-20-3-2-4-21(20)17-22/h5-12,17H,2-4,13-16H2,1H3/b12-9+. The monoisotopic (exact) mass is 410 g/mol. The summed E-state index contributed by atoms with van der Waals surface area (Å²) in [6.45, 7) is 3.48. The van der Waals surface area contributed by atoms with Crippen molar-refractivity contribution in [2.75, 3.05) is 26.2 Å². The summed E-state index contributed by atoms with van der Waals surface area (Å²) >= 11 is 0. The van der Waals surface area contributed by atoms with Crippen molar-refractivity contribution < 1.29 is 13.2 Å². The maximum atomic E-state index is 13.0. The van der Waals surface area contributed by atoms with Gasteiger partial charge in [-0.3, -0.25) is 4.79 Å². The average Bonchev–Trinajstić information content (AvgIpc) is 3.21. The zero-order valence-corrected chi connectivity index (χ0v) is 17.5. The number of carbonyl (C=O) groups is 1. The molecule has 1 heterocycles. The molecular weight excluding hydrogens is 384 g/mol. The number of hydrogen-bond donors (Lipinski definition) is 0. The van der Waals surface area contributed by atoms with Crippen molar-refractivity contribution in [2.24, 2.45) is 0 Å². The Hall–Kier alpha value is -2.44. The molecular formula is C23H26N2O3S. The van der Waals surface area contributed by atoms with Gasteiger partial charge in [-0.25, -0.2) is 8.42 Å². The number of carbonyl (C=O) groups excluding carboxylic acids is 1. The second kappa shape index (κ2) is 8.13. The minimum Gasteiger partial charge on any atom is -0.337 e. The molecule has 0 unspecified atom stereocenters. The fourth-order valence-corrected chi connectivity index (χ4v) is 5.43. The highest BCUT2D eigenvalue weighted by atomic mass is 32.2. The molecule has 29 heavy (non-hydrogen) atoms. The van der Waals surface area contributed by atoms with E-state index in [1.165, 1.54) is 15.4 Å². The Morgan fingerprint density at radius 1 is 0.931 bits per heavy atom. The average molecular weight is 411 g/mol. The molecule has 0 spiro atoms. The summed E-state index contributed by atoms with van der Waals surface area (Å²) in [5, 5.41) is 0. The van der Waals surface area contributed by atoms with Crippen molar-refractivity contribution in [3.8, 4) is 0 Å². The number of benzene rings is 2. The van der Waals surface area contributed by atoms with Gasteiger partial charge in [-0.05, 0) is 61.1 Å². The Morgan fingerprint density at radius 3 is 2.34 bits per heavy atom. The van der Waals surface area contributed by atoms with Gasteiger partial charge in [0.1, 0.15) is 0 Å². The van der Waals surface area contributed by atoms with E-state index in [0.29, 0.717) is 31.1 Å². The molecule has 4 rings (SSSR count). The fourth-order valence-electron chi connectivity index (χ4n) is 3.96. The highest BCUT2D eigenvalue weighted by Gasteiger charge is 2.30. The maximum absolute atomic E-state index is 13.0. The van der Waals surface area contributed by atoms with Crippen LogP contribution in [0.1, 0.15) is 28.7 Å². The van der Waals surface area contributed by atoms with Gasteiger partial charge in [-0.1, -0.05) is 35.9 Å². The molecule has 0 radical (unpaired) electrons. The van der Waals surface area contributed by atoms with Crippen LogP contribution in [-0.4, -0.2) is 49.7 Å². The second-order valence-electron chi connectivity index (χ2n) is 7.76. The van der Waals surface area contributed by atoms with Gasteiger partial charge < -0.3 is 4.90 Å². The van der Waals surface area contributed by atoms with E-state index in [2.05, 4.69) is 0 Å². The molecule has 0 N–H and O–H groups in total. The highest BCUT2D eigenvalue weighted by Crippen LogP contribution is 2.26. The van der Waals surface area contributed by atoms with E-state index in [1.54, 1.807) is 23.1 Å². The Balaban J connectivity index is 1.38. The van der Waals surface area contributed by atoms with Crippen molar-refractivity contribution in [1.29, 1.82) is 0 Å². The number of hydrogen-bond acceptors (Lipinski definition) is 3. The van der Waals surface area contributed by atoms with Crippen LogP contribution in [-0.2, 0) is 27.7 Å². The van der Waals surface area contributed by atoms with E-state index in [1.807, 2.05) is 43.3 Å². The van der Waals surface area contributed by atoms with Crippen LogP contribution in [0.5, 0.6) is 0 Å². The lowest BCUT2D eigenvalue weighted by molar-refractivity contribution is -0.127. The van der Waals surface area contributed by atoms with Crippen molar-refractivity contribution >= 4 is 22.0 Å². The van der Waals surface area contributed by atoms with Gasteiger partial charge in [0.05, 0.1) is 4.90 Å². The lowest BCUT2D eigenvalue weighted by atomic mass is 10.1. The summed E-state index contributed by atoms with van der Waals surface area (Å²) < 4.78 is 27.5. The van der Waals surface area contributed by atoms with Crippen LogP contribution in [0.3, 0.4) is 0 Å². The Morgan fingerprint density at radius 2 is 1.62 bits per heavy atom. The van der Waals surface area contributed by atoms with Gasteiger partial charge in [-0.2, -0.15) is 4.31 Å². The third-order valence-electron chi connectivity index (χ3n) is 5.75. The Kier molecular flexibility index (Phi) is 5.56. The molecule has 0 bridgehead atoms. The molecule has 5 nitrogen and oxygen atoms in total. The van der Waals surface area contributed by atoms with Crippen molar-refractivity contribution in [3.05, 3.63) is 70.8 Å². The molecule has 2 aromatic rings. The minimum absolute atomic E-state index is 0.0832. The van der Waals surface area contributed by atoms with Gasteiger partial charge in [0, 0.05) is 32.3 Å². The third kappa shape index (κ3) is 4.28. The first-order valence-electron chi connectivity index (χ1n) is 10.1. The quantitative estimate of drug-likeness (QED) is 0.728. The van der Waals surface area contributed by atoms with E-state index in [-0.39, 0.29) is 5.91 Å². The molecule has 1 fully saturated rings. The Labute approximate surface area is 172 Å². The fraction of sp³-hybridized carbons (Fsp3) is 0.348. The molecule has 0 atom stereocenters. The maximum Gasteiger partial charge on any atom is 0.246 e. The van der Waals surface area contributed by atoms with Crippen LogP contribution in [0.15, 0.2) is 53.4 Å². The molecule has 1 saturated heterocycles. The number of fused-ring (bicyclic) bond motifs is 1. The first-order chi connectivity index (χ1) is 13.9. The van der Waals surface area contributed by atoms with Crippen LogP contribution >= 0.6 is 0 Å². The summed E-state index contributed by atoms with van der Waals surface area (Å²) in [6, 6.07) is 13.5. The molecule has 1 aliphatic carbocycles. The number of sulfonamides is 1. The minimum atomic E-state index is -3.51.